The van der Waals surface area contributed by atoms with Crippen molar-refractivity contribution in [2.45, 2.75) is 64.7 Å². The van der Waals surface area contributed by atoms with Crippen LogP contribution in [-0.2, 0) is 0 Å². The Morgan fingerprint density at radius 3 is 2.00 bits per heavy atom. The second kappa shape index (κ2) is 12.0. The third-order valence-electron chi connectivity index (χ3n) is 2.62. The summed E-state index contributed by atoms with van der Waals surface area (Å²) in [6.45, 7) is 2.22. The lowest BCUT2D eigenvalue weighted by atomic mass is 10.1. The van der Waals surface area contributed by atoms with Gasteiger partial charge in [-0.3, -0.25) is 0 Å². The fourth-order valence-electron chi connectivity index (χ4n) is 1.65. The van der Waals surface area contributed by atoms with E-state index in [2.05, 4.69) is 17.2 Å². The zero-order chi connectivity index (χ0) is 12.1. The van der Waals surface area contributed by atoms with Gasteiger partial charge in [-0.2, -0.15) is 0 Å². The monoisotopic (exact) mass is 228 g/mol. The molecule has 94 valence electrons. The minimum absolute atomic E-state index is 0.438. The second-order valence-corrected chi connectivity index (χ2v) is 4.06. The van der Waals surface area contributed by atoms with E-state index in [0.29, 0.717) is 12.1 Å². The van der Waals surface area contributed by atoms with Crippen molar-refractivity contribution in [3.05, 3.63) is 0 Å². The van der Waals surface area contributed by atoms with Crippen molar-refractivity contribution in [1.29, 1.82) is 0 Å². The first-order chi connectivity index (χ1) is 7.85. The topological polar surface area (TPSA) is 65.2 Å². The average Bonchev–Trinajstić information content (AvgIpc) is 2.31. The highest BCUT2D eigenvalue weighted by atomic mass is 16.4. The Hall–Kier alpha value is -1.06. The Labute approximate surface area is 98.0 Å². The molecule has 0 saturated carbocycles. The minimum Gasteiger partial charge on any atom is -0.411 e. The van der Waals surface area contributed by atoms with Gasteiger partial charge >= 0.3 is 0 Å². The molecule has 16 heavy (non-hydrogen) atoms. The Kier molecular flexibility index (Phi) is 11.2. The molecule has 4 heteroatoms. The van der Waals surface area contributed by atoms with Crippen LogP contribution in [0, 0.1) is 0 Å². The molecule has 0 atom stereocenters. The lowest BCUT2D eigenvalue weighted by Gasteiger charge is -2.01. The molecule has 0 aromatic rings. The highest BCUT2D eigenvalue weighted by Gasteiger charge is 1.97. The lowest BCUT2D eigenvalue weighted by molar-refractivity contribution is 0.314. The smallest absolute Gasteiger partial charge is 0.101 e. The van der Waals surface area contributed by atoms with E-state index in [4.69, 9.17) is 10.4 Å². The van der Waals surface area contributed by atoms with E-state index in [9.17, 15) is 0 Å². The van der Waals surface area contributed by atoms with Gasteiger partial charge in [-0.05, 0) is 12.8 Å². The highest BCUT2D eigenvalue weighted by Crippen LogP contribution is 2.09. The van der Waals surface area contributed by atoms with Gasteiger partial charge in [0.2, 0.25) is 0 Å². The van der Waals surface area contributed by atoms with Crippen molar-refractivity contribution < 1.29 is 10.4 Å². The Balaban J connectivity index is 3.26. The third-order valence-corrected chi connectivity index (χ3v) is 2.62. The van der Waals surface area contributed by atoms with Gasteiger partial charge in [0.05, 0.1) is 6.21 Å². The molecule has 0 bridgehead atoms. The number of unbranched alkanes of at least 4 members (excludes halogenated alkanes) is 7. The van der Waals surface area contributed by atoms with Crippen LogP contribution in [0.5, 0.6) is 0 Å². The van der Waals surface area contributed by atoms with Crippen LogP contribution in [-0.4, -0.2) is 22.3 Å². The maximum atomic E-state index is 8.54. The van der Waals surface area contributed by atoms with Gasteiger partial charge in [-0.25, -0.2) is 0 Å². The molecular weight excluding hydrogens is 204 g/mol. The lowest BCUT2D eigenvalue weighted by Crippen LogP contribution is -1.99. The molecule has 0 aromatic carbocycles. The molecular formula is C12H24N2O2. The van der Waals surface area contributed by atoms with Crippen LogP contribution in [0.2, 0.25) is 0 Å². The zero-order valence-electron chi connectivity index (χ0n) is 10.2. The van der Waals surface area contributed by atoms with Gasteiger partial charge in [0.15, 0.2) is 0 Å². The number of oxime groups is 2. The molecule has 0 rings (SSSR count). The van der Waals surface area contributed by atoms with E-state index < -0.39 is 0 Å². The van der Waals surface area contributed by atoms with Crippen molar-refractivity contribution in [3.63, 3.8) is 0 Å². The van der Waals surface area contributed by atoms with Gasteiger partial charge in [0.1, 0.15) is 5.71 Å². The second-order valence-electron chi connectivity index (χ2n) is 4.06. The third kappa shape index (κ3) is 9.49. The van der Waals surface area contributed by atoms with E-state index in [-0.39, 0.29) is 0 Å². The molecule has 0 aliphatic heterocycles. The molecule has 0 unspecified atom stereocenters. The van der Waals surface area contributed by atoms with E-state index >= 15 is 0 Å². The van der Waals surface area contributed by atoms with Crippen molar-refractivity contribution in [2.75, 3.05) is 0 Å². The Morgan fingerprint density at radius 1 is 0.938 bits per heavy atom. The van der Waals surface area contributed by atoms with Crippen LogP contribution >= 0.6 is 0 Å². The summed E-state index contributed by atoms with van der Waals surface area (Å²) in [6, 6.07) is 0. The van der Waals surface area contributed by atoms with Gasteiger partial charge < -0.3 is 10.4 Å². The number of hydrogen-bond donors (Lipinski definition) is 2. The summed E-state index contributed by atoms with van der Waals surface area (Å²) in [5.41, 5.74) is 0.438. The summed E-state index contributed by atoms with van der Waals surface area (Å²) in [5.74, 6) is 0. The summed E-state index contributed by atoms with van der Waals surface area (Å²) < 4.78 is 0. The summed E-state index contributed by atoms with van der Waals surface area (Å²) in [5, 5.41) is 22.7. The Bertz CT molecular complexity index is 203. The molecule has 0 saturated heterocycles. The first-order valence-electron chi connectivity index (χ1n) is 6.23. The fraction of sp³-hybridized carbons (Fsp3) is 0.833. The predicted molar refractivity (Wildman–Crippen MR) is 66.7 cm³/mol. The number of rotatable bonds is 10. The summed E-state index contributed by atoms with van der Waals surface area (Å²) >= 11 is 0. The summed E-state index contributed by atoms with van der Waals surface area (Å²) in [6.07, 6.45) is 11.8. The van der Waals surface area contributed by atoms with Crippen LogP contribution in [0.3, 0.4) is 0 Å². The zero-order valence-corrected chi connectivity index (χ0v) is 10.2. The van der Waals surface area contributed by atoms with Gasteiger partial charge in [-0.15, -0.1) is 0 Å². The molecule has 0 amide bonds. The molecule has 4 nitrogen and oxygen atoms in total. The summed E-state index contributed by atoms with van der Waals surface area (Å²) in [7, 11) is 0. The normalized spacial score (nSPS) is 12.4. The van der Waals surface area contributed by atoms with E-state index in [1.165, 1.54) is 44.7 Å². The molecule has 0 fully saturated rings. The van der Waals surface area contributed by atoms with Crippen molar-refractivity contribution in [3.8, 4) is 0 Å². The molecule has 0 heterocycles. The predicted octanol–water partition coefficient (Wildman–Crippen LogP) is 3.81. The van der Waals surface area contributed by atoms with Crippen molar-refractivity contribution >= 4 is 11.9 Å². The van der Waals surface area contributed by atoms with Crippen molar-refractivity contribution in [2.24, 2.45) is 10.3 Å². The molecule has 0 aliphatic carbocycles. The van der Waals surface area contributed by atoms with E-state index in [1.54, 1.807) is 0 Å². The Morgan fingerprint density at radius 2 is 1.50 bits per heavy atom. The van der Waals surface area contributed by atoms with E-state index in [1.807, 2.05) is 0 Å². The maximum absolute atomic E-state index is 8.54. The van der Waals surface area contributed by atoms with Crippen LogP contribution in [0.4, 0.5) is 0 Å². The molecule has 0 radical (unpaired) electrons. The van der Waals surface area contributed by atoms with Crippen LogP contribution in [0.1, 0.15) is 64.7 Å². The number of nitrogens with zero attached hydrogens (tertiary/aromatic N) is 2. The van der Waals surface area contributed by atoms with Crippen molar-refractivity contribution in [1.82, 2.24) is 0 Å². The SMILES string of the molecule is CCCCCCCCCCC(C=NO)=NO. The standard InChI is InChI=1S/C12H24N2O2/c1-2-3-4-5-6-7-8-9-10-12(14-16)11-13-15/h11,15-16H,2-10H2,1H3. The maximum Gasteiger partial charge on any atom is 0.101 e. The van der Waals surface area contributed by atoms with Gasteiger partial charge in [-0.1, -0.05) is 62.2 Å². The minimum atomic E-state index is 0.438. The van der Waals surface area contributed by atoms with Crippen LogP contribution in [0.25, 0.3) is 0 Å². The first-order valence-corrected chi connectivity index (χ1v) is 6.23. The highest BCUT2D eigenvalue weighted by molar-refractivity contribution is 6.30. The molecule has 0 aromatic heterocycles. The number of hydrogen-bond acceptors (Lipinski definition) is 4. The fourth-order valence-corrected chi connectivity index (χ4v) is 1.65. The van der Waals surface area contributed by atoms with E-state index in [0.717, 1.165) is 12.8 Å². The van der Waals surface area contributed by atoms with Crippen LogP contribution in [0.15, 0.2) is 10.3 Å². The quantitative estimate of drug-likeness (QED) is 0.258. The van der Waals surface area contributed by atoms with Gasteiger partial charge in [0, 0.05) is 0 Å². The average molecular weight is 228 g/mol. The van der Waals surface area contributed by atoms with Gasteiger partial charge in [0.25, 0.3) is 0 Å². The van der Waals surface area contributed by atoms with Crippen LogP contribution < -0.4 is 0 Å². The summed E-state index contributed by atoms with van der Waals surface area (Å²) in [4.78, 5) is 0. The molecule has 0 spiro atoms. The first kappa shape index (κ1) is 14.9. The molecule has 2 N–H and O–H groups in total. The molecule has 0 aliphatic rings. The largest absolute Gasteiger partial charge is 0.411 e.